The van der Waals surface area contributed by atoms with E-state index in [1.165, 1.54) is 148 Å². The minimum absolute atomic E-state index is 0.0370. The van der Waals surface area contributed by atoms with Crippen molar-refractivity contribution in [2.75, 3.05) is 40.9 Å². The van der Waals surface area contributed by atoms with Crippen molar-refractivity contribution in [3.63, 3.8) is 0 Å². The summed E-state index contributed by atoms with van der Waals surface area (Å²) in [5.41, 5.74) is 0. The SMILES string of the molecule is CC/C=C/C/C=C/CCCCCCCCCC(=O)OC(/C=C\CCCCCCCCCCCCC)C(COP(=O)(O)OCC[N+](C)(C)C)NC(=O)CCCCCCCCCCC/C=C\C/C=C\CCCCC. The minimum atomic E-state index is -4.45. The van der Waals surface area contributed by atoms with E-state index in [1.54, 1.807) is 0 Å². The normalized spacial score (nSPS) is 14.2. The van der Waals surface area contributed by atoms with Crippen molar-refractivity contribution in [1.82, 2.24) is 5.32 Å². The Bertz CT molecular complexity index is 1420. The predicted octanol–water partition coefficient (Wildman–Crippen LogP) is 18.3. The van der Waals surface area contributed by atoms with Crippen LogP contribution in [0.3, 0.4) is 0 Å². The van der Waals surface area contributed by atoms with Crippen LogP contribution in [0.1, 0.15) is 271 Å². The number of carbonyl (C=O) groups is 2. The zero-order chi connectivity index (χ0) is 52.9. The molecule has 0 spiro atoms. The van der Waals surface area contributed by atoms with Gasteiger partial charge in [0.25, 0.3) is 0 Å². The second kappa shape index (κ2) is 52.2. The second-order valence-electron chi connectivity index (χ2n) is 21.5. The lowest BCUT2D eigenvalue weighted by Crippen LogP contribution is -2.47. The first kappa shape index (κ1) is 69.7. The first-order valence-electron chi connectivity index (χ1n) is 30.1. The molecule has 0 aromatic carbocycles. The van der Waals surface area contributed by atoms with Crippen molar-refractivity contribution >= 4 is 19.7 Å². The molecule has 0 fully saturated rings. The number of hydrogen-bond donors (Lipinski definition) is 2. The molecule has 0 bridgehead atoms. The lowest BCUT2D eigenvalue weighted by molar-refractivity contribution is -0.870. The number of allylic oxidation sites excluding steroid dienone is 9. The Balaban J connectivity index is 5.31. The van der Waals surface area contributed by atoms with E-state index in [-0.39, 0.29) is 31.5 Å². The maximum Gasteiger partial charge on any atom is 0.472 e. The average molecular weight is 1030 g/mol. The van der Waals surface area contributed by atoms with Gasteiger partial charge >= 0.3 is 13.8 Å². The molecule has 3 unspecified atom stereocenters. The molecular formula is C62H116N2O7P+. The molecule has 9 nitrogen and oxygen atoms in total. The highest BCUT2D eigenvalue weighted by atomic mass is 31.2. The first-order valence-corrected chi connectivity index (χ1v) is 31.6. The Morgan fingerprint density at radius 1 is 0.500 bits per heavy atom. The van der Waals surface area contributed by atoms with Crippen LogP contribution in [0.2, 0.25) is 0 Å². The molecule has 0 aliphatic rings. The van der Waals surface area contributed by atoms with Crippen LogP contribution >= 0.6 is 7.82 Å². The largest absolute Gasteiger partial charge is 0.472 e. The van der Waals surface area contributed by atoms with E-state index in [1.807, 2.05) is 33.3 Å². The van der Waals surface area contributed by atoms with Gasteiger partial charge in [-0.2, -0.15) is 0 Å². The van der Waals surface area contributed by atoms with Crippen molar-refractivity contribution in [2.45, 2.75) is 283 Å². The summed E-state index contributed by atoms with van der Waals surface area (Å²) >= 11 is 0. The van der Waals surface area contributed by atoms with Crippen LogP contribution in [0.5, 0.6) is 0 Å². The smallest absolute Gasteiger partial charge is 0.456 e. The molecule has 0 radical (unpaired) electrons. The lowest BCUT2D eigenvalue weighted by Gasteiger charge is -2.27. The number of ether oxygens (including phenoxy) is 1. The molecule has 0 aromatic rings. The summed E-state index contributed by atoms with van der Waals surface area (Å²) in [6.07, 6.45) is 64.9. The van der Waals surface area contributed by atoms with Crippen molar-refractivity contribution in [3.8, 4) is 0 Å². The number of phosphoric ester groups is 1. The number of unbranched alkanes of at least 4 members (excludes halogenated alkanes) is 30. The molecule has 0 rings (SSSR count). The van der Waals surface area contributed by atoms with E-state index in [4.69, 9.17) is 13.8 Å². The van der Waals surface area contributed by atoms with E-state index in [0.717, 1.165) is 89.9 Å². The molecule has 0 aromatic heterocycles. The van der Waals surface area contributed by atoms with Crippen LogP contribution in [0, 0.1) is 0 Å². The fraction of sp³-hybridized carbons (Fsp3) is 0.806. The van der Waals surface area contributed by atoms with E-state index in [0.29, 0.717) is 17.4 Å². The molecule has 0 heterocycles. The molecule has 10 heteroatoms. The van der Waals surface area contributed by atoms with Gasteiger partial charge in [0.2, 0.25) is 5.91 Å². The third kappa shape index (κ3) is 52.6. The molecule has 0 saturated carbocycles. The number of nitrogens with zero attached hydrogens (tertiary/aromatic N) is 1. The van der Waals surface area contributed by atoms with Crippen molar-refractivity contribution < 1.29 is 37.3 Å². The Hall–Kier alpha value is -2.29. The average Bonchev–Trinajstić information content (AvgIpc) is 3.34. The molecule has 0 aliphatic carbocycles. The van der Waals surface area contributed by atoms with Crippen molar-refractivity contribution in [1.29, 1.82) is 0 Å². The maximum atomic E-state index is 13.5. The van der Waals surface area contributed by atoms with Gasteiger partial charge in [-0.25, -0.2) is 4.57 Å². The fourth-order valence-electron chi connectivity index (χ4n) is 8.54. The number of nitrogens with one attached hydrogen (secondary N) is 1. The Kier molecular flexibility index (Phi) is 50.5. The van der Waals surface area contributed by atoms with Gasteiger partial charge in [-0.1, -0.05) is 230 Å². The van der Waals surface area contributed by atoms with E-state index >= 15 is 0 Å². The van der Waals surface area contributed by atoms with Gasteiger partial charge in [-0.05, 0) is 89.5 Å². The van der Waals surface area contributed by atoms with E-state index in [9.17, 15) is 19.0 Å². The summed E-state index contributed by atoms with van der Waals surface area (Å²) in [7, 11) is 1.49. The minimum Gasteiger partial charge on any atom is -0.456 e. The molecule has 72 heavy (non-hydrogen) atoms. The number of esters is 1. The van der Waals surface area contributed by atoms with E-state index < -0.39 is 20.0 Å². The monoisotopic (exact) mass is 1030 g/mol. The summed E-state index contributed by atoms with van der Waals surface area (Å²) < 4.78 is 30.7. The topological polar surface area (TPSA) is 111 Å². The van der Waals surface area contributed by atoms with Crippen LogP contribution in [0.25, 0.3) is 0 Å². The van der Waals surface area contributed by atoms with Gasteiger partial charge in [0.15, 0.2) is 0 Å². The summed E-state index contributed by atoms with van der Waals surface area (Å²) in [5.74, 6) is -0.516. The highest BCUT2D eigenvalue weighted by Crippen LogP contribution is 2.43. The first-order chi connectivity index (χ1) is 34.9. The molecule has 0 aliphatic heterocycles. The van der Waals surface area contributed by atoms with Crippen molar-refractivity contribution in [2.24, 2.45) is 0 Å². The summed E-state index contributed by atoms with van der Waals surface area (Å²) in [5, 5.41) is 3.05. The van der Waals surface area contributed by atoms with Gasteiger partial charge in [-0.3, -0.25) is 18.6 Å². The summed E-state index contributed by atoms with van der Waals surface area (Å²) in [6.45, 7) is 6.89. The Morgan fingerprint density at radius 2 is 0.889 bits per heavy atom. The number of carbonyl (C=O) groups excluding carboxylic acids is 2. The van der Waals surface area contributed by atoms with Gasteiger partial charge in [0, 0.05) is 12.8 Å². The number of quaternary nitrogens is 1. The molecule has 420 valence electrons. The molecule has 1 amide bonds. The summed E-state index contributed by atoms with van der Waals surface area (Å²) in [4.78, 5) is 37.7. The van der Waals surface area contributed by atoms with E-state index in [2.05, 4.69) is 74.7 Å². The number of hydrogen-bond acceptors (Lipinski definition) is 6. The second-order valence-corrected chi connectivity index (χ2v) is 22.9. The van der Waals surface area contributed by atoms with Gasteiger partial charge < -0.3 is 19.4 Å². The zero-order valence-electron chi connectivity index (χ0n) is 47.9. The lowest BCUT2D eigenvalue weighted by atomic mass is 10.0. The predicted molar refractivity (Wildman–Crippen MR) is 309 cm³/mol. The van der Waals surface area contributed by atoms with Crippen LogP contribution in [0.4, 0.5) is 0 Å². The van der Waals surface area contributed by atoms with Gasteiger partial charge in [0.1, 0.15) is 19.3 Å². The Labute approximate surface area is 445 Å². The number of amides is 1. The molecular weight excluding hydrogens is 916 g/mol. The Morgan fingerprint density at radius 3 is 1.35 bits per heavy atom. The summed E-state index contributed by atoms with van der Waals surface area (Å²) in [6, 6.07) is -0.854. The zero-order valence-corrected chi connectivity index (χ0v) is 48.8. The van der Waals surface area contributed by atoms with Gasteiger partial charge in [-0.15, -0.1) is 0 Å². The fourth-order valence-corrected chi connectivity index (χ4v) is 9.27. The number of phosphoric acid groups is 1. The highest BCUT2D eigenvalue weighted by Gasteiger charge is 2.30. The molecule has 2 N–H and O–H groups in total. The maximum absolute atomic E-state index is 13.5. The standard InChI is InChI=1S/C62H115N2O7P/c1-7-10-13-16-19-22-25-28-30-31-32-33-34-36-39-42-45-48-51-54-61(65)63-59(58-70-72(67,68)69-57-56-64(4,5)6)60(53-50-47-44-41-38-35-27-24-21-18-15-12-9-3)71-62(66)55-52-49-46-43-40-37-29-26-23-20-17-14-11-8-2/h11,14,19-20,22-23,28,30,50,53,59-60H,7-10,12-13,15-18,21,24-27,29,31-49,51-52,54-58H2,1-6H3,(H-,63,65,67,68)/p+1/b14-11+,22-19-,23-20+,30-28-,53-50-. The van der Waals surface area contributed by atoms with Crippen LogP contribution in [-0.4, -0.2) is 74.3 Å². The van der Waals surface area contributed by atoms with Crippen LogP contribution < -0.4 is 5.32 Å². The molecule has 3 atom stereocenters. The van der Waals surface area contributed by atoms with Crippen LogP contribution in [-0.2, 0) is 27.9 Å². The van der Waals surface area contributed by atoms with Crippen LogP contribution in [0.15, 0.2) is 60.8 Å². The van der Waals surface area contributed by atoms with Crippen molar-refractivity contribution in [3.05, 3.63) is 60.8 Å². The van der Waals surface area contributed by atoms with Gasteiger partial charge in [0.05, 0.1) is 33.8 Å². The third-order valence-corrected chi connectivity index (χ3v) is 14.2. The third-order valence-electron chi connectivity index (χ3n) is 13.2. The highest BCUT2D eigenvalue weighted by molar-refractivity contribution is 7.47. The number of likely N-dealkylation sites (N-methyl/N-ethyl adjacent to an activating group) is 1. The molecule has 0 saturated heterocycles. The number of rotatable bonds is 54. The quantitative estimate of drug-likeness (QED) is 0.0205.